The van der Waals surface area contributed by atoms with Crippen LogP contribution >= 0.6 is 0 Å². The number of nitrogens with zero attached hydrogens (tertiary/aromatic N) is 3. The SMILES string of the molecule is CN(C(=O)Cn1nc(-c2ccccc2)ccc1=O)C1CCCc2ccccc21. The number of carbonyl (C=O) groups excluding carboxylic acids is 1. The summed E-state index contributed by atoms with van der Waals surface area (Å²) in [6, 6.07) is 21.2. The predicted molar refractivity (Wildman–Crippen MR) is 109 cm³/mol. The fraction of sp³-hybridized carbons (Fsp3) is 0.261. The van der Waals surface area contributed by atoms with E-state index in [-0.39, 0.29) is 24.1 Å². The molecule has 1 aromatic heterocycles. The minimum absolute atomic E-state index is 0.0467. The Morgan fingerprint density at radius 2 is 1.82 bits per heavy atom. The van der Waals surface area contributed by atoms with Crippen LogP contribution in [-0.2, 0) is 17.8 Å². The van der Waals surface area contributed by atoms with Gasteiger partial charge in [-0.15, -0.1) is 0 Å². The van der Waals surface area contributed by atoms with Gasteiger partial charge in [0.1, 0.15) is 6.54 Å². The van der Waals surface area contributed by atoms with Gasteiger partial charge < -0.3 is 4.90 Å². The first-order valence-corrected chi connectivity index (χ1v) is 9.60. The van der Waals surface area contributed by atoms with Gasteiger partial charge in [-0.05, 0) is 36.5 Å². The summed E-state index contributed by atoms with van der Waals surface area (Å²) in [5.74, 6) is -0.110. The van der Waals surface area contributed by atoms with Gasteiger partial charge in [-0.3, -0.25) is 9.59 Å². The molecule has 3 aromatic rings. The zero-order valence-electron chi connectivity index (χ0n) is 15.9. The van der Waals surface area contributed by atoms with Crippen molar-refractivity contribution >= 4 is 5.91 Å². The van der Waals surface area contributed by atoms with E-state index in [1.807, 2.05) is 49.5 Å². The topological polar surface area (TPSA) is 55.2 Å². The molecule has 0 saturated carbocycles. The Balaban J connectivity index is 1.57. The molecule has 1 aliphatic rings. The van der Waals surface area contributed by atoms with E-state index in [1.54, 1.807) is 11.0 Å². The summed E-state index contributed by atoms with van der Waals surface area (Å²) in [5, 5.41) is 4.41. The monoisotopic (exact) mass is 373 g/mol. The average Bonchev–Trinajstić information content (AvgIpc) is 2.75. The van der Waals surface area contributed by atoms with Crippen LogP contribution in [-0.4, -0.2) is 27.6 Å². The Labute approximate surface area is 164 Å². The van der Waals surface area contributed by atoms with E-state index in [2.05, 4.69) is 17.2 Å². The number of hydrogen-bond acceptors (Lipinski definition) is 3. The highest BCUT2D eigenvalue weighted by molar-refractivity contribution is 5.76. The number of rotatable bonds is 4. The molecule has 1 aliphatic carbocycles. The summed E-state index contributed by atoms with van der Waals surface area (Å²) in [6.07, 6.45) is 3.04. The van der Waals surface area contributed by atoms with Crippen molar-refractivity contribution in [1.82, 2.24) is 14.7 Å². The van der Waals surface area contributed by atoms with Gasteiger partial charge in [0.15, 0.2) is 0 Å². The zero-order valence-corrected chi connectivity index (χ0v) is 15.9. The second-order valence-electron chi connectivity index (χ2n) is 7.19. The second kappa shape index (κ2) is 7.80. The van der Waals surface area contributed by atoms with Gasteiger partial charge >= 0.3 is 0 Å². The average molecular weight is 373 g/mol. The zero-order chi connectivity index (χ0) is 19.5. The summed E-state index contributed by atoms with van der Waals surface area (Å²) in [5.41, 5.74) is 3.84. The third kappa shape index (κ3) is 3.60. The normalized spacial score (nSPS) is 15.7. The van der Waals surface area contributed by atoms with Gasteiger partial charge in [-0.2, -0.15) is 5.10 Å². The van der Waals surface area contributed by atoms with Crippen LogP contribution in [0.2, 0.25) is 0 Å². The first kappa shape index (κ1) is 18.2. The molecule has 0 saturated heterocycles. The van der Waals surface area contributed by atoms with Crippen molar-refractivity contribution in [3.8, 4) is 11.3 Å². The van der Waals surface area contributed by atoms with Gasteiger partial charge in [0, 0.05) is 18.7 Å². The summed E-state index contributed by atoms with van der Waals surface area (Å²) < 4.78 is 1.26. The highest BCUT2D eigenvalue weighted by Gasteiger charge is 2.26. The predicted octanol–water partition coefficient (Wildman–Crippen LogP) is 3.45. The molecule has 0 spiro atoms. The van der Waals surface area contributed by atoms with Crippen molar-refractivity contribution in [3.63, 3.8) is 0 Å². The Hall–Kier alpha value is -3.21. The summed E-state index contributed by atoms with van der Waals surface area (Å²) in [7, 11) is 1.82. The number of aryl methyl sites for hydroxylation is 1. The number of aromatic nitrogens is 2. The fourth-order valence-electron chi connectivity index (χ4n) is 3.87. The Kier molecular flexibility index (Phi) is 5.06. The van der Waals surface area contributed by atoms with Crippen molar-refractivity contribution in [1.29, 1.82) is 0 Å². The molecular weight excluding hydrogens is 350 g/mol. The number of benzene rings is 2. The largest absolute Gasteiger partial charge is 0.337 e. The van der Waals surface area contributed by atoms with Crippen LogP contribution < -0.4 is 5.56 Å². The molecule has 2 aromatic carbocycles. The van der Waals surface area contributed by atoms with Crippen molar-refractivity contribution in [2.45, 2.75) is 31.8 Å². The van der Waals surface area contributed by atoms with E-state index in [4.69, 9.17) is 0 Å². The summed E-state index contributed by atoms with van der Waals surface area (Å²) >= 11 is 0. The molecule has 0 fully saturated rings. The van der Waals surface area contributed by atoms with E-state index in [9.17, 15) is 9.59 Å². The van der Waals surface area contributed by atoms with Crippen molar-refractivity contribution < 1.29 is 4.79 Å². The molecule has 1 amide bonds. The van der Waals surface area contributed by atoms with Crippen LogP contribution in [0.3, 0.4) is 0 Å². The minimum Gasteiger partial charge on any atom is -0.337 e. The molecule has 4 rings (SSSR count). The summed E-state index contributed by atoms with van der Waals surface area (Å²) in [6.45, 7) is -0.0608. The van der Waals surface area contributed by atoms with Gasteiger partial charge in [-0.25, -0.2) is 4.68 Å². The van der Waals surface area contributed by atoms with Crippen LogP contribution in [0.25, 0.3) is 11.3 Å². The van der Waals surface area contributed by atoms with E-state index in [1.165, 1.54) is 21.9 Å². The first-order valence-electron chi connectivity index (χ1n) is 9.60. The van der Waals surface area contributed by atoms with Crippen molar-refractivity contribution in [3.05, 3.63) is 88.2 Å². The highest BCUT2D eigenvalue weighted by atomic mass is 16.2. The van der Waals surface area contributed by atoms with Crippen LogP contribution in [0.15, 0.2) is 71.5 Å². The third-order valence-corrected chi connectivity index (χ3v) is 5.42. The molecule has 1 atom stereocenters. The summed E-state index contributed by atoms with van der Waals surface area (Å²) in [4.78, 5) is 27.0. The molecule has 1 heterocycles. The van der Waals surface area contributed by atoms with Crippen LogP contribution in [0.4, 0.5) is 0 Å². The van der Waals surface area contributed by atoms with E-state index in [0.717, 1.165) is 24.8 Å². The second-order valence-corrected chi connectivity index (χ2v) is 7.19. The molecule has 142 valence electrons. The Morgan fingerprint density at radius 1 is 1.07 bits per heavy atom. The van der Waals surface area contributed by atoms with Crippen molar-refractivity contribution in [2.75, 3.05) is 7.05 Å². The maximum Gasteiger partial charge on any atom is 0.267 e. The van der Waals surface area contributed by atoms with Crippen molar-refractivity contribution in [2.24, 2.45) is 0 Å². The van der Waals surface area contributed by atoms with Gasteiger partial charge in [0.25, 0.3) is 5.56 Å². The third-order valence-electron chi connectivity index (χ3n) is 5.42. The number of likely N-dealkylation sites (N-methyl/N-ethyl adjacent to an activating group) is 1. The lowest BCUT2D eigenvalue weighted by Crippen LogP contribution is -2.38. The first-order chi connectivity index (χ1) is 13.6. The lowest BCUT2D eigenvalue weighted by molar-refractivity contribution is -0.133. The molecule has 0 aliphatic heterocycles. The smallest absolute Gasteiger partial charge is 0.267 e. The molecule has 0 bridgehead atoms. The number of fused-ring (bicyclic) bond motifs is 1. The maximum atomic E-state index is 12.9. The molecule has 0 N–H and O–H groups in total. The van der Waals surface area contributed by atoms with E-state index >= 15 is 0 Å². The van der Waals surface area contributed by atoms with Gasteiger partial charge in [-0.1, -0.05) is 54.6 Å². The van der Waals surface area contributed by atoms with E-state index < -0.39 is 0 Å². The number of carbonyl (C=O) groups is 1. The Morgan fingerprint density at radius 3 is 2.64 bits per heavy atom. The standard InChI is InChI=1S/C23H23N3O2/c1-25(21-13-7-11-17-8-5-6-12-19(17)21)23(28)16-26-22(27)15-14-20(24-26)18-9-3-2-4-10-18/h2-6,8-10,12,14-15,21H,7,11,13,16H2,1H3. The quantitative estimate of drug-likeness (QED) is 0.704. The van der Waals surface area contributed by atoms with Gasteiger partial charge in [0.05, 0.1) is 11.7 Å². The molecule has 0 radical (unpaired) electrons. The Bertz CT molecular complexity index is 1040. The molecule has 5 heteroatoms. The van der Waals surface area contributed by atoms with Crippen LogP contribution in [0.5, 0.6) is 0 Å². The number of hydrogen-bond donors (Lipinski definition) is 0. The maximum absolute atomic E-state index is 12.9. The lowest BCUT2D eigenvalue weighted by atomic mass is 9.87. The number of amides is 1. The molecular formula is C23H23N3O2. The van der Waals surface area contributed by atoms with Crippen LogP contribution in [0, 0.1) is 0 Å². The van der Waals surface area contributed by atoms with Gasteiger partial charge in [0.2, 0.25) is 5.91 Å². The van der Waals surface area contributed by atoms with Crippen LogP contribution in [0.1, 0.15) is 30.0 Å². The molecule has 1 unspecified atom stereocenters. The molecule has 5 nitrogen and oxygen atoms in total. The fourth-order valence-corrected chi connectivity index (χ4v) is 3.87. The van der Waals surface area contributed by atoms with E-state index in [0.29, 0.717) is 5.69 Å². The minimum atomic E-state index is -0.273. The lowest BCUT2D eigenvalue weighted by Gasteiger charge is -2.33. The molecule has 28 heavy (non-hydrogen) atoms. The highest BCUT2D eigenvalue weighted by Crippen LogP contribution is 2.33.